The van der Waals surface area contributed by atoms with Crippen LogP contribution in [0.3, 0.4) is 0 Å². The minimum atomic E-state index is -1.27. The Hall–Kier alpha value is 0.130. The van der Waals surface area contributed by atoms with Crippen LogP contribution in [0.15, 0.2) is 0 Å². The molecule has 0 heterocycles. The number of aliphatic carboxylic acids is 1. The lowest BCUT2D eigenvalue weighted by Gasteiger charge is -2.03. The molecule has 5 heteroatoms. The molecule has 0 saturated carbocycles. The number of thioether (sulfide) groups is 1. The molecule has 66 valence electrons. The van der Waals surface area contributed by atoms with Crippen molar-refractivity contribution in [1.29, 1.82) is 0 Å². The van der Waals surface area contributed by atoms with Crippen molar-refractivity contribution in [3.05, 3.63) is 0 Å². The van der Waals surface area contributed by atoms with Gasteiger partial charge in [0.25, 0.3) is 0 Å². The summed E-state index contributed by atoms with van der Waals surface area (Å²) in [5, 5.41) is 17.0. The van der Waals surface area contributed by atoms with E-state index >= 15 is 0 Å². The molecule has 0 aromatic heterocycles. The molecular weight excluding hydrogens is 184 g/mol. The van der Waals surface area contributed by atoms with Gasteiger partial charge in [-0.1, -0.05) is 0 Å². The van der Waals surface area contributed by atoms with Crippen molar-refractivity contribution in [2.45, 2.75) is 18.3 Å². The van der Waals surface area contributed by atoms with E-state index in [9.17, 15) is 4.79 Å². The summed E-state index contributed by atoms with van der Waals surface area (Å²) in [5.74, 6) is 0.318. The lowest BCUT2D eigenvalue weighted by molar-refractivity contribution is -0.141. The summed E-state index contributed by atoms with van der Waals surface area (Å²) in [7, 11) is 0. The van der Waals surface area contributed by atoms with Gasteiger partial charge in [0, 0.05) is 0 Å². The van der Waals surface area contributed by atoms with Gasteiger partial charge in [0.2, 0.25) is 0 Å². The first-order valence-electron chi connectivity index (χ1n) is 3.32. The second-order valence-electron chi connectivity index (χ2n) is 1.99. The van der Waals surface area contributed by atoms with Crippen molar-refractivity contribution < 1.29 is 15.0 Å². The normalized spacial score (nSPS) is 12.9. The Balaban J connectivity index is 3.17. The maximum Gasteiger partial charge on any atom is 0.343 e. The van der Waals surface area contributed by atoms with E-state index in [1.165, 1.54) is 0 Å². The third kappa shape index (κ3) is 6.52. The molecule has 0 rings (SSSR count). The number of carboxylic acid groups (broad SMARTS) is 1. The fourth-order valence-corrected chi connectivity index (χ4v) is 1.44. The smallest absolute Gasteiger partial charge is 0.343 e. The van der Waals surface area contributed by atoms with E-state index in [2.05, 4.69) is 12.6 Å². The van der Waals surface area contributed by atoms with E-state index in [0.717, 1.165) is 30.4 Å². The predicted octanol–water partition coefficient (Wildman–Crippen LogP) is 0.833. The molecule has 0 spiro atoms. The highest BCUT2D eigenvalue weighted by molar-refractivity contribution is 8.00. The van der Waals surface area contributed by atoms with Crippen LogP contribution in [0.2, 0.25) is 0 Å². The maximum atomic E-state index is 10.1. The van der Waals surface area contributed by atoms with Gasteiger partial charge in [-0.25, -0.2) is 4.79 Å². The molecule has 0 aliphatic carbocycles. The fraction of sp³-hybridized carbons (Fsp3) is 0.833. The van der Waals surface area contributed by atoms with Crippen LogP contribution in [-0.2, 0) is 4.79 Å². The summed E-state index contributed by atoms with van der Waals surface area (Å²) in [4.78, 5) is 10.1. The summed E-state index contributed by atoms with van der Waals surface area (Å²) in [6.45, 7) is 0. The number of hydrogen-bond acceptors (Lipinski definition) is 4. The summed E-state index contributed by atoms with van der Waals surface area (Å²) in [6.07, 6.45) is 1.86. The number of aliphatic hydroxyl groups is 1. The average molecular weight is 196 g/mol. The molecular formula is C6H12O3S2. The summed E-state index contributed by atoms with van der Waals surface area (Å²) in [6, 6.07) is 0. The zero-order valence-electron chi connectivity index (χ0n) is 6.06. The van der Waals surface area contributed by atoms with E-state index in [1.807, 2.05) is 0 Å². The van der Waals surface area contributed by atoms with Crippen LogP contribution in [0, 0.1) is 0 Å². The minimum absolute atomic E-state index is 0.675. The first-order chi connectivity index (χ1) is 5.18. The monoisotopic (exact) mass is 196 g/mol. The predicted molar refractivity (Wildman–Crippen MR) is 49.2 cm³/mol. The van der Waals surface area contributed by atoms with E-state index in [-0.39, 0.29) is 0 Å². The number of carboxylic acids is 1. The van der Waals surface area contributed by atoms with Crippen LogP contribution in [0.1, 0.15) is 12.8 Å². The Bertz CT molecular complexity index is 118. The van der Waals surface area contributed by atoms with Crippen LogP contribution in [0.25, 0.3) is 0 Å². The maximum absolute atomic E-state index is 10.1. The van der Waals surface area contributed by atoms with Crippen LogP contribution in [-0.4, -0.2) is 33.1 Å². The molecule has 0 bridgehead atoms. The Morgan fingerprint density at radius 1 is 1.55 bits per heavy atom. The third-order valence-corrected chi connectivity index (χ3v) is 2.40. The van der Waals surface area contributed by atoms with Gasteiger partial charge in [0.15, 0.2) is 5.44 Å². The largest absolute Gasteiger partial charge is 0.479 e. The molecule has 11 heavy (non-hydrogen) atoms. The quantitative estimate of drug-likeness (QED) is 0.334. The number of carbonyl (C=O) groups is 1. The SMILES string of the molecule is O=C(O)C(O)SCCCCS. The number of hydrogen-bond donors (Lipinski definition) is 3. The molecule has 0 aromatic rings. The molecule has 0 saturated heterocycles. The lowest BCUT2D eigenvalue weighted by Crippen LogP contribution is -2.15. The number of rotatable bonds is 6. The zero-order valence-corrected chi connectivity index (χ0v) is 7.77. The molecule has 3 nitrogen and oxygen atoms in total. The Morgan fingerprint density at radius 2 is 2.18 bits per heavy atom. The molecule has 0 aliphatic rings. The molecule has 2 N–H and O–H groups in total. The van der Waals surface area contributed by atoms with Crippen LogP contribution in [0.4, 0.5) is 0 Å². The fourth-order valence-electron chi connectivity index (χ4n) is 0.480. The standard InChI is InChI=1S/C6H12O3S2/c7-5(8)6(9)11-4-2-1-3-10/h6,9-10H,1-4H2,(H,7,8). The lowest BCUT2D eigenvalue weighted by atomic mass is 10.4. The summed E-state index contributed by atoms with van der Waals surface area (Å²) in [5.41, 5.74) is -1.27. The van der Waals surface area contributed by atoms with E-state index in [1.54, 1.807) is 0 Å². The molecule has 0 aromatic carbocycles. The van der Waals surface area contributed by atoms with Gasteiger partial charge in [-0.3, -0.25) is 0 Å². The number of aliphatic hydroxyl groups excluding tert-OH is 1. The molecule has 0 fully saturated rings. The van der Waals surface area contributed by atoms with Crippen molar-refractivity contribution in [1.82, 2.24) is 0 Å². The van der Waals surface area contributed by atoms with Crippen molar-refractivity contribution in [2.75, 3.05) is 11.5 Å². The van der Waals surface area contributed by atoms with E-state index < -0.39 is 11.4 Å². The molecule has 0 aliphatic heterocycles. The van der Waals surface area contributed by atoms with Gasteiger partial charge >= 0.3 is 5.97 Å². The van der Waals surface area contributed by atoms with Crippen LogP contribution < -0.4 is 0 Å². The van der Waals surface area contributed by atoms with Gasteiger partial charge in [0.1, 0.15) is 0 Å². The highest BCUT2D eigenvalue weighted by Gasteiger charge is 2.11. The van der Waals surface area contributed by atoms with Gasteiger partial charge in [0.05, 0.1) is 0 Å². The van der Waals surface area contributed by atoms with Crippen LogP contribution in [0.5, 0.6) is 0 Å². The molecule has 0 amide bonds. The first kappa shape index (κ1) is 11.1. The van der Waals surface area contributed by atoms with Crippen molar-refractivity contribution >= 4 is 30.4 Å². The minimum Gasteiger partial charge on any atom is -0.479 e. The second kappa shape index (κ2) is 6.82. The molecule has 0 radical (unpaired) electrons. The van der Waals surface area contributed by atoms with E-state index in [0.29, 0.717) is 5.75 Å². The zero-order chi connectivity index (χ0) is 8.69. The number of unbranched alkanes of at least 4 members (excludes halogenated alkanes) is 1. The summed E-state index contributed by atoms with van der Waals surface area (Å²) >= 11 is 5.04. The molecule has 1 atom stereocenters. The second-order valence-corrected chi connectivity index (χ2v) is 3.63. The van der Waals surface area contributed by atoms with Gasteiger partial charge in [-0.15, -0.1) is 11.8 Å². The highest BCUT2D eigenvalue weighted by atomic mass is 32.2. The molecule has 1 unspecified atom stereocenters. The topological polar surface area (TPSA) is 57.5 Å². The van der Waals surface area contributed by atoms with Gasteiger partial charge in [-0.05, 0) is 24.3 Å². The highest BCUT2D eigenvalue weighted by Crippen LogP contribution is 2.10. The Kier molecular flexibility index (Phi) is 6.90. The Morgan fingerprint density at radius 3 is 2.64 bits per heavy atom. The van der Waals surface area contributed by atoms with Crippen LogP contribution >= 0.6 is 24.4 Å². The third-order valence-electron chi connectivity index (χ3n) is 1.04. The van der Waals surface area contributed by atoms with Crippen molar-refractivity contribution in [3.8, 4) is 0 Å². The van der Waals surface area contributed by atoms with Gasteiger partial charge < -0.3 is 10.2 Å². The van der Waals surface area contributed by atoms with Crippen molar-refractivity contribution in [3.63, 3.8) is 0 Å². The number of thiol groups is 1. The first-order valence-corrected chi connectivity index (χ1v) is 5.00. The average Bonchev–Trinajstić information content (AvgIpc) is 1.97. The van der Waals surface area contributed by atoms with E-state index in [4.69, 9.17) is 10.2 Å². The Labute approximate surface area is 75.6 Å². The van der Waals surface area contributed by atoms with Gasteiger partial charge in [-0.2, -0.15) is 12.6 Å². The summed E-state index contributed by atoms with van der Waals surface area (Å²) < 4.78 is 0. The van der Waals surface area contributed by atoms with Crippen molar-refractivity contribution in [2.24, 2.45) is 0 Å².